The summed E-state index contributed by atoms with van der Waals surface area (Å²) in [7, 11) is 1.45. The van der Waals surface area contributed by atoms with Crippen LogP contribution in [0.25, 0.3) is 5.69 Å². The molecule has 1 spiro atoms. The van der Waals surface area contributed by atoms with Crippen molar-refractivity contribution in [2.75, 3.05) is 26.8 Å². The molecule has 1 atom stereocenters. The molecule has 2 aliphatic heterocycles. The fourth-order valence-corrected chi connectivity index (χ4v) is 5.05. The number of nitrogens with zero attached hydrogens (tertiary/aromatic N) is 2. The van der Waals surface area contributed by atoms with Gasteiger partial charge in [-0.15, -0.1) is 0 Å². The van der Waals surface area contributed by atoms with E-state index < -0.39 is 29.4 Å². The van der Waals surface area contributed by atoms with Crippen LogP contribution in [0.15, 0.2) is 60.8 Å². The van der Waals surface area contributed by atoms with Crippen LogP contribution in [-0.2, 0) is 16.5 Å². The number of ether oxygens (including phenoxy) is 3. The van der Waals surface area contributed by atoms with Crippen LogP contribution in [0.3, 0.4) is 0 Å². The zero-order valence-electron chi connectivity index (χ0n) is 20.0. The molecule has 2 aromatic carbocycles. The van der Waals surface area contributed by atoms with Crippen LogP contribution in [0, 0.1) is 0 Å². The van der Waals surface area contributed by atoms with Gasteiger partial charge in [-0.25, -0.2) is 0 Å². The average molecular weight is 501 g/mol. The lowest BCUT2D eigenvalue weighted by Gasteiger charge is -2.45. The number of halogens is 3. The summed E-state index contributed by atoms with van der Waals surface area (Å²) in [5.41, 5.74) is 0.377. The standard InChI is InChI=1S/C27H27F3N2O4/c1-18(17-34-2)35-22-10-9-19(16-20(22)27(28,29)30)25(33)31-14-11-26(12-15-31)24-8-5-13-32(24)21-6-3-4-7-23(21)36-26/h3-10,13,16,18H,11-12,14-15,17H2,1-2H3/t18-/m1/s1. The van der Waals surface area contributed by atoms with Gasteiger partial charge in [0.25, 0.3) is 5.91 Å². The highest BCUT2D eigenvalue weighted by atomic mass is 19.4. The summed E-state index contributed by atoms with van der Waals surface area (Å²) in [4.78, 5) is 14.8. The van der Waals surface area contributed by atoms with Crippen LogP contribution in [-0.4, -0.2) is 48.3 Å². The summed E-state index contributed by atoms with van der Waals surface area (Å²) >= 11 is 0. The van der Waals surface area contributed by atoms with E-state index in [9.17, 15) is 18.0 Å². The highest BCUT2D eigenvalue weighted by molar-refractivity contribution is 5.94. The maximum Gasteiger partial charge on any atom is 0.419 e. The molecule has 2 aliphatic rings. The number of amides is 1. The first-order valence-corrected chi connectivity index (χ1v) is 11.8. The molecule has 5 rings (SSSR count). The van der Waals surface area contributed by atoms with Crippen molar-refractivity contribution in [2.24, 2.45) is 0 Å². The number of hydrogen-bond donors (Lipinski definition) is 0. The largest absolute Gasteiger partial charge is 0.488 e. The molecule has 0 saturated carbocycles. The molecule has 3 aromatic rings. The van der Waals surface area contributed by atoms with E-state index in [4.69, 9.17) is 14.2 Å². The van der Waals surface area contributed by atoms with Crippen molar-refractivity contribution in [3.8, 4) is 17.2 Å². The number of fused-ring (bicyclic) bond motifs is 4. The van der Waals surface area contributed by atoms with Gasteiger partial charge in [0.1, 0.15) is 17.6 Å². The van der Waals surface area contributed by atoms with E-state index in [0.717, 1.165) is 23.2 Å². The van der Waals surface area contributed by atoms with Gasteiger partial charge in [0.2, 0.25) is 0 Å². The molecule has 36 heavy (non-hydrogen) atoms. The van der Waals surface area contributed by atoms with Crippen molar-refractivity contribution in [1.82, 2.24) is 9.47 Å². The Labute approximate surface area is 207 Å². The second-order valence-electron chi connectivity index (χ2n) is 9.21. The van der Waals surface area contributed by atoms with Gasteiger partial charge in [0.05, 0.1) is 23.6 Å². The number of hydrogen-bond acceptors (Lipinski definition) is 4. The fraction of sp³-hybridized carbons (Fsp3) is 0.370. The topological polar surface area (TPSA) is 52.9 Å². The molecular formula is C27H27F3N2O4. The SMILES string of the molecule is COC[C@@H](C)Oc1ccc(C(=O)N2CCC3(CC2)Oc2ccccc2-n2cccc23)cc1C(F)(F)F. The number of likely N-dealkylation sites (tertiary alicyclic amines) is 1. The van der Waals surface area contributed by atoms with Crippen LogP contribution in [0.4, 0.5) is 13.2 Å². The molecule has 3 heterocycles. The van der Waals surface area contributed by atoms with Gasteiger partial charge in [-0.2, -0.15) is 13.2 Å². The third-order valence-corrected chi connectivity index (χ3v) is 6.77. The van der Waals surface area contributed by atoms with Crippen molar-refractivity contribution in [3.63, 3.8) is 0 Å². The summed E-state index contributed by atoms with van der Waals surface area (Å²) in [6.07, 6.45) is -2.20. The number of methoxy groups -OCH3 is 1. The number of alkyl halides is 3. The molecule has 1 saturated heterocycles. The Kier molecular flexibility index (Phi) is 6.20. The quantitative estimate of drug-likeness (QED) is 0.469. The summed E-state index contributed by atoms with van der Waals surface area (Å²) in [6.45, 7) is 2.48. The van der Waals surface area contributed by atoms with Crippen molar-refractivity contribution in [2.45, 2.75) is 37.6 Å². The lowest BCUT2D eigenvalue weighted by molar-refractivity contribution is -0.139. The van der Waals surface area contributed by atoms with Crippen molar-refractivity contribution in [1.29, 1.82) is 0 Å². The molecule has 0 unspecified atom stereocenters. The van der Waals surface area contributed by atoms with Gasteiger partial charge >= 0.3 is 6.18 Å². The van der Waals surface area contributed by atoms with Crippen molar-refractivity contribution in [3.05, 3.63) is 77.6 Å². The van der Waals surface area contributed by atoms with Crippen LogP contribution in [0.5, 0.6) is 11.5 Å². The minimum absolute atomic E-state index is 0.0247. The molecule has 1 aromatic heterocycles. The molecular weight excluding hydrogens is 473 g/mol. The Morgan fingerprint density at radius 2 is 1.86 bits per heavy atom. The Morgan fingerprint density at radius 3 is 2.58 bits per heavy atom. The van der Waals surface area contributed by atoms with Gasteiger partial charge in [0, 0.05) is 44.8 Å². The summed E-state index contributed by atoms with van der Waals surface area (Å²) in [6, 6.07) is 15.2. The maximum atomic E-state index is 13.8. The number of carbonyl (C=O) groups is 1. The second kappa shape index (κ2) is 9.20. The van der Waals surface area contributed by atoms with Crippen molar-refractivity contribution < 1.29 is 32.2 Å². The van der Waals surface area contributed by atoms with Gasteiger partial charge in [-0.05, 0) is 49.4 Å². The number of aromatic nitrogens is 1. The zero-order valence-corrected chi connectivity index (χ0v) is 20.0. The molecule has 0 aliphatic carbocycles. The Bertz CT molecular complexity index is 1260. The highest BCUT2D eigenvalue weighted by Crippen LogP contribution is 2.45. The fourth-order valence-electron chi connectivity index (χ4n) is 5.05. The first-order chi connectivity index (χ1) is 17.2. The lowest BCUT2D eigenvalue weighted by Crippen LogP contribution is -2.50. The van der Waals surface area contributed by atoms with Crippen LogP contribution in [0.1, 0.15) is 41.4 Å². The highest BCUT2D eigenvalue weighted by Gasteiger charge is 2.45. The first-order valence-electron chi connectivity index (χ1n) is 11.8. The molecule has 0 radical (unpaired) electrons. The summed E-state index contributed by atoms with van der Waals surface area (Å²) < 4.78 is 60.3. The minimum atomic E-state index is -4.67. The van der Waals surface area contributed by atoms with E-state index in [1.807, 2.05) is 42.6 Å². The van der Waals surface area contributed by atoms with Crippen LogP contribution < -0.4 is 9.47 Å². The normalized spacial score (nSPS) is 17.2. The smallest absolute Gasteiger partial charge is 0.419 e. The van der Waals surface area contributed by atoms with Crippen molar-refractivity contribution >= 4 is 5.91 Å². The van der Waals surface area contributed by atoms with E-state index in [-0.39, 0.29) is 17.9 Å². The number of benzene rings is 2. The zero-order chi connectivity index (χ0) is 25.5. The second-order valence-corrected chi connectivity index (χ2v) is 9.21. The Balaban J connectivity index is 1.35. The first kappa shape index (κ1) is 24.2. The van der Waals surface area contributed by atoms with E-state index in [2.05, 4.69) is 4.57 Å². The molecule has 0 N–H and O–H groups in total. The third kappa shape index (κ3) is 4.32. The van der Waals surface area contributed by atoms with E-state index in [0.29, 0.717) is 25.9 Å². The molecule has 9 heteroatoms. The lowest BCUT2D eigenvalue weighted by atomic mass is 9.86. The molecule has 190 valence electrons. The van der Waals surface area contributed by atoms with Crippen LogP contribution in [0.2, 0.25) is 0 Å². The van der Waals surface area contributed by atoms with E-state index in [1.54, 1.807) is 11.8 Å². The molecule has 0 bridgehead atoms. The van der Waals surface area contributed by atoms with Gasteiger partial charge in [-0.3, -0.25) is 4.79 Å². The Morgan fingerprint density at radius 1 is 1.11 bits per heavy atom. The maximum absolute atomic E-state index is 13.8. The van der Waals surface area contributed by atoms with E-state index in [1.165, 1.54) is 19.2 Å². The summed E-state index contributed by atoms with van der Waals surface area (Å²) in [5, 5.41) is 0. The predicted octanol–water partition coefficient (Wildman–Crippen LogP) is 5.43. The van der Waals surface area contributed by atoms with Crippen LogP contribution >= 0.6 is 0 Å². The Hall–Kier alpha value is -3.46. The molecule has 1 amide bonds. The predicted molar refractivity (Wildman–Crippen MR) is 127 cm³/mol. The van der Waals surface area contributed by atoms with Gasteiger partial charge < -0.3 is 23.7 Å². The minimum Gasteiger partial charge on any atom is -0.488 e. The number of piperidine rings is 1. The molecule has 1 fully saturated rings. The van der Waals surface area contributed by atoms with E-state index >= 15 is 0 Å². The average Bonchev–Trinajstić information content (AvgIpc) is 3.36. The summed E-state index contributed by atoms with van der Waals surface area (Å²) in [5.74, 6) is 0.00347. The number of para-hydroxylation sites is 2. The van der Waals surface area contributed by atoms with Gasteiger partial charge in [-0.1, -0.05) is 12.1 Å². The third-order valence-electron chi connectivity index (χ3n) is 6.77. The number of carbonyl (C=O) groups excluding carboxylic acids is 1. The van der Waals surface area contributed by atoms with Gasteiger partial charge in [0.15, 0.2) is 5.60 Å². The molecule has 6 nitrogen and oxygen atoms in total. The number of rotatable bonds is 5. The monoisotopic (exact) mass is 500 g/mol.